The molecule has 1 aliphatic rings. The minimum Gasteiger partial charge on any atom is -0.761 e. The third-order valence-electron chi connectivity index (χ3n) is 5.12. The van der Waals surface area contributed by atoms with Crippen LogP contribution in [0.25, 0.3) is 10.9 Å². The molecule has 2 N–H and O–H groups in total. The molecule has 1 amide bonds. The molecule has 0 unspecified atom stereocenters. The van der Waals surface area contributed by atoms with E-state index in [0.717, 1.165) is 25.2 Å². The number of hydrogen-bond donors (Lipinski definition) is 2. The van der Waals surface area contributed by atoms with Crippen molar-refractivity contribution >= 4 is 28.3 Å². The molecule has 146 valence electrons. The number of carbonyl (C=O) groups is 2. The highest BCUT2D eigenvalue weighted by Gasteiger charge is 2.22. The Hall–Kier alpha value is -2.38. The van der Waals surface area contributed by atoms with Crippen molar-refractivity contribution in [1.82, 2.24) is 14.8 Å². The van der Waals surface area contributed by atoms with Crippen LogP contribution >= 0.6 is 0 Å². The predicted octanol–water partition coefficient (Wildman–Crippen LogP) is 2.92. The number of likely N-dealkylation sites (tertiary alicyclic amines) is 1. The van der Waals surface area contributed by atoms with Crippen LogP contribution in [-0.4, -0.2) is 47.3 Å². The Bertz CT molecular complexity index is 822. The second-order valence-electron chi connectivity index (χ2n) is 7.37. The molecule has 0 aliphatic carbocycles. The number of rotatable bonds is 7. The topological polar surface area (TPSA) is 89.4 Å². The number of hydrogen-bond acceptors (Lipinski definition) is 5. The maximum absolute atomic E-state index is 12.7. The molecule has 1 aromatic heterocycles. The minimum atomic E-state index is -0.583. The third kappa shape index (κ3) is 4.31. The van der Waals surface area contributed by atoms with Gasteiger partial charge in [-0.25, -0.2) is 0 Å². The summed E-state index contributed by atoms with van der Waals surface area (Å²) in [4.78, 5) is 27.4. The number of ketones is 1. The molecular formula is C20H27N4O3-. The van der Waals surface area contributed by atoms with Crippen molar-refractivity contribution in [1.29, 1.82) is 0 Å². The van der Waals surface area contributed by atoms with Gasteiger partial charge in [-0.15, -0.1) is 0 Å². The Labute approximate surface area is 159 Å². The highest BCUT2D eigenvalue weighted by atomic mass is 16.5. The van der Waals surface area contributed by atoms with Gasteiger partial charge in [-0.05, 0) is 51.9 Å². The molecule has 7 nitrogen and oxygen atoms in total. The molecule has 1 saturated heterocycles. The first-order chi connectivity index (χ1) is 13.0. The molecule has 1 aliphatic heterocycles. The molecular weight excluding hydrogens is 344 g/mol. The molecule has 1 fully saturated rings. The Balaban J connectivity index is 1.73. The molecule has 7 heteroatoms. The van der Waals surface area contributed by atoms with Crippen LogP contribution in [0.3, 0.4) is 0 Å². The smallest absolute Gasteiger partial charge is 0.292 e. The molecule has 1 aromatic carbocycles. The van der Waals surface area contributed by atoms with Crippen LogP contribution in [-0.2, 0) is 4.79 Å². The number of anilines is 1. The number of carbonyl (C=O) groups excluding carboxylic acids is 2. The summed E-state index contributed by atoms with van der Waals surface area (Å²) in [6, 6.07) is 5.12. The first kappa shape index (κ1) is 19.4. The van der Waals surface area contributed by atoms with Crippen LogP contribution < -0.4 is 10.8 Å². The average molecular weight is 371 g/mol. The van der Waals surface area contributed by atoms with E-state index in [9.17, 15) is 14.8 Å². The monoisotopic (exact) mass is 371 g/mol. The van der Waals surface area contributed by atoms with Crippen LogP contribution in [0.2, 0.25) is 0 Å². The molecule has 0 atom stereocenters. The van der Waals surface area contributed by atoms with Crippen molar-refractivity contribution < 1.29 is 9.59 Å². The summed E-state index contributed by atoms with van der Waals surface area (Å²) in [6.07, 6.45) is 5.37. The quantitative estimate of drug-likeness (QED) is 0.444. The first-order valence-corrected chi connectivity index (χ1v) is 9.59. The number of fused-ring (bicyclic) bond motifs is 1. The number of piperidine rings is 1. The average Bonchev–Trinajstić information content (AvgIpc) is 3.07. The molecule has 3 rings (SSSR count). The Morgan fingerprint density at radius 3 is 2.59 bits per heavy atom. The summed E-state index contributed by atoms with van der Waals surface area (Å²) in [7, 11) is 0. The lowest BCUT2D eigenvalue weighted by molar-refractivity contribution is -0.117. The summed E-state index contributed by atoms with van der Waals surface area (Å²) in [5.41, 5.74) is 3.42. The lowest BCUT2D eigenvalue weighted by Crippen LogP contribution is -2.39. The molecule has 2 heterocycles. The van der Waals surface area contributed by atoms with Crippen molar-refractivity contribution in [2.45, 2.75) is 39.2 Å². The lowest BCUT2D eigenvalue weighted by atomic mass is 10.1. The van der Waals surface area contributed by atoms with Crippen LogP contribution in [0.5, 0.6) is 0 Å². The van der Waals surface area contributed by atoms with Crippen LogP contribution in [0.1, 0.15) is 49.5 Å². The molecule has 0 spiro atoms. The van der Waals surface area contributed by atoms with Crippen molar-refractivity contribution in [2.75, 3.05) is 31.7 Å². The summed E-state index contributed by atoms with van der Waals surface area (Å²) < 4.78 is 1.91. The molecule has 27 heavy (non-hydrogen) atoms. The second kappa shape index (κ2) is 8.54. The Morgan fingerprint density at radius 1 is 1.19 bits per heavy atom. The number of nitrogens with zero attached hydrogens (tertiary/aromatic N) is 2. The highest BCUT2D eigenvalue weighted by Crippen LogP contribution is 2.28. The van der Waals surface area contributed by atoms with E-state index in [1.54, 1.807) is 24.4 Å². The first-order valence-electron chi connectivity index (χ1n) is 9.59. The Kier molecular flexibility index (Phi) is 6.13. The van der Waals surface area contributed by atoms with Gasteiger partial charge in [0.1, 0.15) is 0 Å². The lowest BCUT2D eigenvalue weighted by Gasteiger charge is -2.26. The standard InChI is InChI=1S/C20H27N4O3/c1-14(2)24-13-17(16-7-6-15(22-27)12-18(16)24)19(25)20(26)21-8-11-23-9-4-3-5-10-23/h6-7,12-14,22H,3-5,8-11H2,1-2H3,(H,21,26)/q-1. The fourth-order valence-electron chi connectivity index (χ4n) is 3.64. The summed E-state index contributed by atoms with van der Waals surface area (Å²) in [5.74, 6) is -1.12. The summed E-state index contributed by atoms with van der Waals surface area (Å²) in [6.45, 7) is 7.33. The number of amides is 1. The SMILES string of the molecule is CC(C)n1cc(C(=O)C(=O)NCCN2CCCCC2)c2ccc(N[O-])cc21. The summed E-state index contributed by atoms with van der Waals surface area (Å²) in [5, 5.41) is 14.4. The summed E-state index contributed by atoms with van der Waals surface area (Å²) >= 11 is 0. The van der Waals surface area contributed by atoms with Gasteiger partial charge in [-0.1, -0.05) is 12.5 Å². The van der Waals surface area contributed by atoms with Crippen molar-refractivity contribution in [3.8, 4) is 0 Å². The van der Waals surface area contributed by atoms with Gasteiger partial charge in [0.05, 0.1) is 11.1 Å². The van der Waals surface area contributed by atoms with Crippen LogP contribution in [0, 0.1) is 5.21 Å². The van der Waals surface area contributed by atoms with E-state index in [4.69, 9.17) is 0 Å². The maximum atomic E-state index is 12.7. The van der Waals surface area contributed by atoms with Crippen molar-refractivity contribution in [3.63, 3.8) is 0 Å². The van der Waals surface area contributed by atoms with Gasteiger partial charge in [0.15, 0.2) is 0 Å². The largest absolute Gasteiger partial charge is 0.761 e. The van der Waals surface area contributed by atoms with E-state index in [0.29, 0.717) is 23.2 Å². The van der Waals surface area contributed by atoms with E-state index < -0.39 is 11.7 Å². The number of Topliss-reactive ketones (excluding diaryl/α,β-unsaturated/α-hetero) is 1. The van der Waals surface area contributed by atoms with Gasteiger partial charge in [0.25, 0.3) is 11.7 Å². The third-order valence-corrected chi connectivity index (χ3v) is 5.12. The van der Waals surface area contributed by atoms with Crippen molar-refractivity contribution in [2.24, 2.45) is 0 Å². The van der Waals surface area contributed by atoms with E-state index in [2.05, 4.69) is 10.2 Å². The molecule has 0 saturated carbocycles. The van der Waals surface area contributed by atoms with Crippen LogP contribution in [0.4, 0.5) is 5.69 Å². The normalized spacial score (nSPS) is 15.3. The zero-order chi connectivity index (χ0) is 19.4. The fraction of sp³-hybridized carbons (Fsp3) is 0.500. The predicted molar refractivity (Wildman–Crippen MR) is 107 cm³/mol. The van der Waals surface area contributed by atoms with Gasteiger partial charge >= 0.3 is 0 Å². The highest BCUT2D eigenvalue weighted by molar-refractivity contribution is 6.45. The molecule has 0 radical (unpaired) electrons. The zero-order valence-electron chi connectivity index (χ0n) is 16.0. The molecule has 0 bridgehead atoms. The van der Waals surface area contributed by atoms with Gasteiger partial charge < -0.3 is 25.5 Å². The number of aromatic nitrogens is 1. The minimum absolute atomic E-state index is 0.0955. The molecule has 2 aromatic rings. The van der Waals surface area contributed by atoms with Gasteiger partial charge in [-0.2, -0.15) is 0 Å². The van der Waals surface area contributed by atoms with E-state index in [1.807, 2.05) is 23.9 Å². The second-order valence-corrected chi connectivity index (χ2v) is 7.37. The Morgan fingerprint density at radius 2 is 1.93 bits per heavy atom. The number of benzene rings is 1. The van der Waals surface area contributed by atoms with Gasteiger partial charge in [-0.3, -0.25) is 9.59 Å². The van der Waals surface area contributed by atoms with Crippen molar-refractivity contribution in [3.05, 3.63) is 35.2 Å². The fourth-order valence-corrected chi connectivity index (χ4v) is 3.64. The van der Waals surface area contributed by atoms with E-state index in [1.165, 1.54) is 19.3 Å². The van der Waals surface area contributed by atoms with Gasteiger partial charge in [0, 0.05) is 36.4 Å². The zero-order valence-corrected chi connectivity index (χ0v) is 16.0. The van der Waals surface area contributed by atoms with E-state index >= 15 is 0 Å². The maximum Gasteiger partial charge on any atom is 0.292 e. The van der Waals surface area contributed by atoms with Gasteiger partial charge in [0.2, 0.25) is 0 Å². The van der Waals surface area contributed by atoms with Crippen LogP contribution in [0.15, 0.2) is 24.4 Å². The van der Waals surface area contributed by atoms with E-state index in [-0.39, 0.29) is 6.04 Å². The number of nitrogens with one attached hydrogen (secondary N) is 2.